The Bertz CT molecular complexity index is 2270. The molecule has 81 heavy (non-hydrogen) atoms. The number of carbonyl (C=O) groups is 3. The molecule has 1 amide bonds. The molecule has 7 N–H and O–H groups in total. The third-order valence-corrected chi connectivity index (χ3v) is 22.2. The summed E-state index contributed by atoms with van der Waals surface area (Å²) in [6, 6.07) is -1.10. The number of methoxy groups -OCH3 is 1. The Morgan fingerprint density at radius 1 is 0.938 bits per heavy atom. The number of likely N-dealkylation sites (N-methyl/N-ethyl adjacent to an activating group) is 1. The third kappa shape index (κ3) is 12.2. The van der Waals surface area contributed by atoms with E-state index in [1.807, 2.05) is 79.3 Å². The number of ketones is 1. The van der Waals surface area contributed by atoms with Crippen LogP contribution in [-0.4, -0.2) is 201 Å². The van der Waals surface area contributed by atoms with Crippen LogP contribution in [0.4, 0.5) is 4.39 Å². The Morgan fingerprint density at radius 3 is 2.25 bits per heavy atom. The van der Waals surface area contributed by atoms with Gasteiger partial charge in [0.05, 0.1) is 47.6 Å². The summed E-state index contributed by atoms with van der Waals surface area (Å²) in [5, 5.41) is 77.6. The molecule has 5 unspecified atom stereocenters. The number of fused-ring (bicyclic) bond motifs is 5. The van der Waals surface area contributed by atoms with Crippen molar-refractivity contribution in [1.29, 1.82) is 0 Å². The van der Waals surface area contributed by atoms with Crippen molar-refractivity contribution in [2.24, 2.45) is 52.3 Å². The van der Waals surface area contributed by atoms with E-state index in [4.69, 9.17) is 28.4 Å². The number of ether oxygens (including phenoxy) is 6. The summed E-state index contributed by atoms with van der Waals surface area (Å²) in [5.74, 6) is -5.01. The normalized spacial score (nSPS) is 49.4. The van der Waals surface area contributed by atoms with Gasteiger partial charge in [-0.2, -0.15) is 0 Å². The molecule has 0 bridgehead atoms. The van der Waals surface area contributed by atoms with Crippen LogP contribution in [0, 0.1) is 52.3 Å². The largest absolute Gasteiger partial charge is 0.459 e. The zero-order valence-electron chi connectivity index (χ0n) is 51.6. The quantitative estimate of drug-likeness (QED) is 0.0902. The molecule has 19 heteroatoms. The van der Waals surface area contributed by atoms with E-state index >= 15 is 4.39 Å². The second kappa shape index (κ2) is 25.1. The molecule has 3 saturated carbocycles. The van der Waals surface area contributed by atoms with Crippen LogP contribution in [0.3, 0.4) is 0 Å². The van der Waals surface area contributed by atoms with E-state index in [-0.39, 0.29) is 87.0 Å². The monoisotopic (exact) mass is 1150 g/mol. The second-order valence-electron chi connectivity index (χ2n) is 27.3. The van der Waals surface area contributed by atoms with Crippen LogP contribution in [0.25, 0.3) is 0 Å². The van der Waals surface area contributed by atoms with E-state index < -0.39 is 130 Å². The Labute approximate surface area is 482 Å². The third-order valence-electron chi connectivity index (χ3n) is 22.2. The Morgan fingerprint density at radius 2 is 1.62 bits per heavy atom. The molecule has 6 fully saturated rings. The summed E-state index contributed by atoms with van der Waals surface area (Å²) >= 11 is 0. The number of aliphatic hydroxyl groups excluding tert-OH is 3. The summed E-state index contributed by atoms with van der Waals surface area (Å²) in [4.78, 5) is 45.7. The minimum absolute atomic E-state index is 0.00880. The maximum atomic E-state index is 16.2. The molecule has 18 nitrogen and oxygen atoms in total. The first-order chi connectivity index (χ1) is 37.7. The Kier molecular flexibility index (Phi) is 20.4. The van der Waals surface area contributed by atoms with E-state index in [2.05, 4.69) is 12.2 Å². The number of esters is 1. The van der Waals surface area contributed by atoms with Crippen LogP contribution < -0.4 is 5.32 Å². The van der Waals surface area contributed by atoms with Crippen LogP contribution in [0.15, 0.2) is 23.8 Å². The molecule has 0 spiro atoms. The van der Waals surface area contributed by atoms with Crippen LogP contribution in [-0.2, 0) is 42.8 Å². The number of aliphatic hydroxyl groups is 6. The van der Waals surface area contributed by atoms with Crippen LogP contribution in [0.5, 0.6) is 0 Å². The number of alkyl halides is 1. The topological polar surface area (TPSA) is 246 Å². The van der Waals surface area contributed by atoms with Crippen molar-refractivity contribution in [3.8, 4) is 0 Å². The number of carbonyl (C=O) groups excluding carboxylic acids is 3. The lowest BCUT2D eigenvalue weighted by Gasteiger charge is -2.60. The zero-order valence-corrected chi connectivity index (χ0v) is 51.6. The maximum Gasteiger partial charge on any atom is 0.311 e. The van der Waals surface area contributed by atoms with Crippen molar-refractivity contribution in [2.75, 3.05) is 40.8 Å². The van der Waals surface area contributed by atoms with Crippen LogP contribution >= 0.6 is 0 Å². The summed E-state index contributed by atoms with van der Waals surface area (Å²) in [6.45, 7) is 24.5. The highest BCUT2D eigenvalue weighted by Crippen LogP contribution is 2.68. The maximum absolute atomic E-state index is 16.2. The fourth-order valence-electron chi connectivity index (χ4n) is 16.6. The number of cyclic esters (lactones) is 1. The summed E-state index contributed by atoms with van der Waals surface area (Å²) in [6.07, 6.45) is -3.78. The molecule has 0 aromatic rings. The van der Waals surface area contributed by atoms with E-state index in [0.717, 1.165) is 0 Å². The van der Waals surface area contributed by atoms with E-state index in [1.54, 1.807) is 34.0 Å². The summed E-state index contributed by atoms with van der Waals surface area (Å²) in [7, 11) is 5.41. The number of hydrogen-bond donors (Lipinski definition) is 7. The average Bonchev–Trinajstić information content (AvgIpc) is 3.78. The standard InChI is InChI=1S/C62H104FN3O15/c1-17-47-60(13,73)52(70)38(8)66(26-20-24-64-56(72)62(75)33(3)27-42-41-30-44(63)43-29-40(67)21-23-57(43,10)49(41)46(68)31-58(42,62)11)25-19-22-61(74,18-2)53(81-55-50(69)45(65(14)15)28-34(4)77-55)35(5)51(36(6)54(71)79-47)80-48-32-59(12,76-16)37(7)39(9)78-48/h21,23,29,33-39,41-42,44-53,55,68-70,73-75H,17-20,22,24-28,30-32H2,1-16H3,(H,64,72)/t33-,34-,35+,36-,37-,38-,39-,41?,42?,44+,45-,46+,47-,48?,49?,50-,51+,52-,53-,55?,57+,58+,59+,60-,61-,62+/m1/s1. The minimum Gasteiger partial charge on any atom is -0.459 e. The van der Waals surface area contributed by atoms with Gasteiger partial charge in [-0.25, -0.2) is 4.39 Å². The molecule has 3 aliphatic heterocycles. The van der Waals surface area contributed by atoms with Crippen LogP contribution in [0.2, 0.25) is 0 Å². The first-order valence-electron chi connectivity index (χ1n) is 30.6. The van der Waals surface area contributed by atoms with E-state index in [0.29, 0.717) is 44.2 Å². The van der Waals surface area contributed by atoms with E-state index in [9.17, 15) is 45.0 Å². The second-order valence-corrected chi connectivity index (χ2v) is 27.3. The van der Waals surface area contributed by atoms with Crippen molar-refractivity contribution in [2.45, 2.75) is 256 Å². The molecule has 4 aliphatic carbocycles. The van der Waals surface area contributed by atoms with Gasteiger partial charge in [-0.15, -0.1) is 0 Å². The van der Waals surface area contributed by atoms with Gasteiger partial charge < -0.3 is 69.3 Å². The number of nitrogens with zero attached hydrogens (tertiary/aromatic N) is 2. The highest BCUT2D eigenvalue weighted by Gasteiger charge is 2.71. The van der Waals surface area contributed by atoms with Gasteiger partial charge in [-0.1, -0.05) is 54.5 Å². The van der Waals surface area contributed by atoms with Gasteiger partial charge in [-0.3, -0.25) is 19.3 Å². The predicted molar refractivity (Wildman–Crippen MR) is 302 cm³/mol. The van der Waals surface area contributed by atoms with Crippen molar-refractivity contribution in [3.63, 3.8) is 0 Å². The van der Waals surface area contributed by atoms with Crippen molar-refractivity contribution < 1.29 is 77.8 Å². The smallest absolute Gasteiger partial charge is 0.311 e. The molecule has 0 aromatic carbocycles. The number of hydrogen-bond acceptors (Lipinski definition) is 17. The number of halogens is 1. The Hall–Kier alpha value is -2.50. The van der Waals surface area contributed by atoms with Crippen molar-refractivity contribution in [3.05, 3.63) is 23.8 Å². The molecule has 0 radical (unpaired) electrons. The first kappa shape index (κ1) is 66.0. The molecular weight excluding hydrogens is 1050 g/mol. The number of rotatable bonds is 13. The summed E-state index contributed by atoms with van der Waals surface area (Å²) < 4.78 is 55.3. The lowest BCUT2D eigenvalue weighted by molar-refractivity contribution is -0.314. The molecule has 464 valence electrons. The summed E-state index contributed by atoms with van der Waals surface area (Å²) in [5.41, 5.74) is -7.76. The highest BCUT2D eigenvalue weighted by molar-refractivity contribution is 6.01. The highest BCUT2D eigenvalue weighted by atomic mass is 19.1. The number of nitrogens with one attached hydrogen (secondary N) is 1. The molecule has 3 heterocycles. The minimum atomic E-state index is -1.97. The van der Waals surface area contributed by atoms with Crippen molar-refractivity contribution in [1.82, 2.24) is 15.1 Å². The number of allylic oxidation sites excluding steroid dienone is 4. The first-order valence-corrected chi connectivity index (χ1v) is 30.6. The lowest BCUT2D eigenvalue weighted by atomic mass is 9.46. The van der Waals surface area contributed by atoms with E-state index in [1.165, 1.54) is 19.1 Å². The SMILES string of the molecule is CC[C@H]1OC(=O)[C@H](C)[C@@H](OC2C[C@](C)(OC)[C@H](C)[C@@H](C)O2)[C@H](C)[C@@H](OC2O[C@H](C)C[C@@H](N(C)C)[C@H]2O)[C@@](O)(CC)CCCN(CCCNC(=O)[C@@]2(O)[C@H](C)CC3C4C[C@H](F)C5=CC(=O)C=C[C@]5(C)C4[C@@H](O)C[C@@]32C)[C@H](C)[C@@H](O)[C@]1(C)O. The molecule has 7 rings (SSSR count). The van der Waals surface area contributed by atoms with Gasteiger partial charge in [-0.05, 0) is 155 Å². The molecule has 7 aliphatic rings. The Balaban J connectivity index is 1.15. The lowest BCUT2D eigenvalue weighted by Crippen LogP contribution is -2.65. The predicted octanol–water partition coefficient (Wildman–Crippen LogP) is 5.40. The zero-order chi connectivity index (χ0) is 60.3. The molecular formula is C62H104FN3O15. The van der Waals surface area contributed by atoms with Gasteiger partial charge in [0, 0.05) is 67.3 Å². The molecule has 26 atom stereocenters. The van der Waals surface area contributed by atoms with Gasteiger partial charge in [0.2, 0.25) is 0 Å². The van der Waals surface area contributed by atoms with Crippen LogP contribution in [0.1, 0.15) is 154 Å². The number of amides is 1. The van der Waals surface area contributed by atoms with Gasteiger partial charge in [0.1, 0.15) is 30.1 Å². The fraction of sp³-hybridized carbons (Fsp3) is 0.887. The van der Waals surface area contributed by atoms with Gasteiger partial charge >= 0.3 is 5.97 Å². The molecule has 3 saturated heterocycles. The van der Waals surface area contributed by atoms with Gasteiger partial charge in [0.25, 0.3) is 5.91 Å². The fourth-order valence-corrected chi connectivity index (χ4v) is 16.6. The molecule has 0 aromatic heterocycles. The van der Waals surface area contributed by atoms with Gasteiger partial charge in [0.15, 0.2) is 24.0 Å². The van der Waals surface area contributed by atoms with Crippen molar-refractivity contribution >= 4 is 17.7 Å². The average molecular weight is 1150 g/mol.